The first-order valence-corrected chi connectivity index (χ1v) is 3.55. The van der Waals surface area contributed by atoms with Gasteiger partial charge in [0.05, 0.1) is 6.42 Å². The van der Waals surface area contributed by atoms with Gasteiger partial charge in [0.2, 0.25) is 0 Å². The number of hydrogen-bond acceptors (Lipinski definition) is 1. The number of rotatable bonds is 2. The summed E-state index contributed by atoms with van der Waals surface area (Å²) in [4.78, 5) is 10.3. The highest BCUT2D eigenvalue weighted by Gasteiger charge is 2.15. The lowest BCUT2D eigenvalue weighted by Crippen LogP contribution is -2.08. The highest BCUT2D eigenvalue weighted by molar-refractivity contribution is 5.68. The average molecular weight is 168 g/mol. The summed E-state index contributed by atoms with van der Waals surface area (Å²) in [6.07, 6.45) is 4.01. The molecule has 0 aliphatic heterocycles. The molecule has 1 N–H and O–H groups in total. The van der Waals surface area contributed by atoms with Crippen LogP contribution in [0, 0.1) is 5.92 Å². The van der Waals surface area contributed by atoms with Crippen molar-refractivity contribution in [2.45, 2.75) is 6.42 Å². The Morgan fingerprint density at radius 2 is 2.42 bits per heavy atom. The lowest BCUT2D eigenvalue weighted by atomic mass is 9.93. The minimum atomic E-state index is -0.901. The molecule has 0 bridgehead atoms. The fourth-order valence-electron chi connectivity index (χ4n) is 1.05. The van der Waals surface area contributed by atoms with Crippen LogP contribution in [-0.2, 0) is 4.79 Å². The Bertz CT molecular complexity index is 276. The van der Waals surface area contributed by atoms with Crippen molar-refractivity contribution < 1.29 is 14.3 Å². The van der Waals surface area contributed by atoms with Crippen LogP contribution in [0.4, 0.5) is 4.39 Å². The van der Waals surface area contributed by atoms with Crippen LogP contribution in [0.25, 0.3) is 0 Å². The van der Waals surface area contributed by atoms with Crippen LogP contribution in [0.15, 0.2) is 36.2 Å². The summed E-state index contributed by atoms with van der Waals surface area (Å²) in [5, 5.41) is 8.46. The minimum Gasteiger partial charge on any atom is -0.481 e. The Balaban J connectivity index is 2.66. The molecule has 1 rings (SSSR count). The zero-order valence-corrected chi connectivity index (χ0v) is 6.46. The van der Waals surface area contributed by atoms with E-state index in [0.717, 1.165) is 0 Å². The predicted molar refractivity (Wildman–Crippen MR) is 43.2 cm³/mol. The van der Waals surface area contributed by atoms with Crippen LogP contribution in [-0.4, -0.2) is 11.1 Å². The molecule has 1 aliphatic carbocycles. The molecule has 0 aromatic rings. The van der Waals surface area contributed by atoms with E-state index in [-0.39, 0.29) is 18.2 Å². The zero-order valence-electron chi connectivity index (χ0n) is 6.46. The molecular formula is C9H9FO2. The quantitative estimate of drug-likeness (QED) is 0.685. The summed E-state index contributed by atoms with van der Waals surface area (Å²) in [5.74, 6) is -1.54. The van der Waals surface area contributed by atoms with Gasteiger partial charge < -0.3 is 5.11 Å². The Labute approximate surface area is 69.7 Å². The summed E-state index contributed by atoms with van der Waals surface area (Å²) in [6.45, 7) is 3.57. The largest absolute Gasteiger partial charge is 0.481 e. The standard InChI is InChI=1S/C9H9FO2/c1-6-4-8(10)3-2-7(6)5-9(11)12/h2-4,7H,1,5H2,(H,11,12). The first kappa shape index (κ1) is 8.71. The maximum Gasteiger partial charge on any atom is 0.304 e. The fraction of sp³-hybridized carbons (Fsp3) is 0.222. The summed E-state index contributed by atoms with van der Waals surface area (Å²) in [6, 6.07) is 0. The molecule has 1 atom stereocenters. The highest BCUT2D eigenvalue weighted by atomic mass is 19.1. The Morgan fingerprint density at radius 3 is 2.92 bits per heavy atom. The highest BCUT2D eigenvalue weighted by Crippen LogP contribution is 2.23. The van der Waals surface area contributed by atoms with Gasteiger partial charge in [-0.1, -0.05) is 12.7 Å². The molecule has 3 heteroatoms. The number of allylic oxidation sites excluding steroid dienone is 5. The van der Waals surface area contributed by atoms with E-state index >= 15 is 0 Å². The van der Waals surface area contributed by atoms with Crippen molar-refractivity contribution in [1.29, 1.82) is 0 Å². The van der Waals surface area contributed by atoms with Crippen LogP contribution in [0.1, 0.15) is 6.42 Å². The first-order valence-electron chi connectivity index (χ1n) is 3.55. The van der Waals surface area contributed by atoms with Gasteiger partial charge in [-0.3, -0.25) is 4.79 Å². The van der Waals surface area contributed by atoms with E-state index in [9.17, 15) is 9.18 Å². The number of halogens is 1. The lowest BCUT2D eigenvalue weighted by molar-refractivity contribution is -0.137. The van der Waals surface area contributed by atoms with Gasteiger partial charge in [-0.05, 0) is 17.7 Å². The summed E-state index contributed by atoms with van der Waals surface area (Å²) >= 11 is 0. The van der Waals surface area contributed by atoms with Crippen molar-refractivity contribution in [3.05, 3.63) is 36.2 Å². The van der Waals surface area contributed by atoms with E-state index in [0.29, 0.717) is 5.57 Å². The first-order chi connectivity index (χ1) is 5.59. The molecule has 0 saturated carbocycles. The van der Waals surface area contributed by atoms with Crippen LogP contribution in [0.2, 0.25) is 0 Å². The Kier molecular flexibility index (Phi) is 2.43. The van der Waals surface area contributed by atoms with E-state index in [1.54, 1.807) is 0 Å². The lowest BCUT2D eigenvalue weighted by Gasteiger charge is -2.13. The number of hydrogen-bond donors (Lipinski definition) is 1. The molecular weight excluding hydrogens is 159 g/mol. The molecule has 0 radical (unpaired) electrons. The molecule has 0 aromatic heterocycles. The molecule has 64 valence electrons. The van der Waals surface area contributed by atoms with Gasteiger partial charge in [-0.25, -0.2) is 4.39 Å². The molecule has 0 fully saturated rings. The molecule has 0 spiro atoms. The molecule has 0 aromatic carbocycles. The smallest absolute Gasteiger partial charge is 0.304 e. The second kappa shape index (κ2) is 3.34. The Morgan fingerprint density at radius 1 is 1.75 bits per heavy atom. The van der Waals surface area contributed by atoms with Gasteiger partial charge >= 0.3 is 5.97 Å². The van der Waals surface area contributed by atoms with Crippen LogP contribution in [0.5, 0.6) is 0 Å². The summed E-state index contributed by atoms with van der Waals surface area (Å²) in [7, 11) is 0. The predicted octanol–water partition coefficient (Wildman–Crippen LogP) is 2.06. The summed E-state index contributed by atoms with van der Waals surface area (Å²) in [5.41, 5.74) is 0.511. The van der Waals surface area contributed by atoms with Crippen LogP contribution in [0.3, 0.4) is 0 Å². The summed E-state index contributed by atoms with van der Waals surface area (Å²) < 4.78 is 12.5. The van der Waals surface area contributed by atoms with E-state index in [1.165, 1.54) is 18.2 Å². The van der Waals surface area contributed by atoms with Crippen molar-refractivity contribution in [1.82, 2.24) is 0 Å². The molecule has 2 nitrogen and oxygen atoms in total. The third-order valence-corrected chi connectivity index (χ3v) is 1.68. The van der Waals surface area contributed by atoms with Crippen LogP contribution < -0.4 is 0 Å². The number of carbonyl (C=O) groups is 1. The van der Waals surface area contributed by atoms with E-state index in [4.69, 9.17) is 5.11 Å². The number of carboxylic acid groups (broad SMARTS) is 1. The van der Waals surface area contributed by atoms with Crippen molar-refractivity contribution in [3.63, 3.8) is 0 Å². The van der Waals surface area contributed by atoms with E-state index in [2.05, 4.69) is 6.58 Å². The second-order valence-electron chi connectivity index (χ2n) is 2.67. The van der Waals surface area contributed by atoms with Gasteiger partial charge in [0.15, 0.2) is 0 Å². The molecule has 12 heavy (non-hydrogen) atoms. The zero-order chi connectivity index (χ0) is 9.14. The third-order valence-electron chi connectivity index (χ3n) is 1.68. The SMILES string of the molecule is C=C1C=C(F)C=CC1CC(=O)O. The van der Waals surface area contributed by atoms with Crippen molar-refractivity contribution >= 4 is 5.97 Å². The second-order valence-corrected chi connectivity index (χ2v) is 2.67. The van der Waals surface area contributed by atoms with Gasteiger partial charge in [-0.15, -0.1) is 0 Å². The molecule has 0 amide bonds. The maximum absolute atomic E-state index is 12.5. The van der Waals surface area contributed by atoms with E-state index < -0.39 is 5.97 Å². The monoisotopic (exact) mass is 168 g/mol. The number of carboxylic acids is 1. The normalized spacial score (nSPS) is 22.2. The minimum absolute atomic E-state index is 0.0287. The van der Waals surface area contributed by atoms with E-state index in [1.807, 2.05) is 0 Å². The van der Waals surface area contributed by atoms with Gasteiger partial charge in [0.25, 0.3) is 0 Å². The van der Waals surface area contributed by atoms with Crippen molar-refractivity contribution in [2.75, 3.05) is 0 Å². The van der Waals surface area contributed by atoms with Crippen molar-refractivity contribution in [3.8, 4) is 0 Å². The maximum atomic E-state index is 12.5. The fourth-order valence-corrected chi connectivity index (χ4v) is 1.05. The average Bonchev–Trinajstić information content (AvgIpc) is 1.94. The van der Waals surface area contributed by atoms with Gasteiger partial charge in [0.1, 0.15) is 5.83 Å². The molecule has 1 aliphatic rings. The van der Waals surface area contributed by atoms with Gasteiger partial charge in [-0.2, -0.15) is 0 Å². The third kappa shape index (κ3) is 2.05. The molecule has 0 heterocycles. The van der Waals surface area contributed by atoms with Crippen molar-refractivity contribution in [2.24, 2.45) is 5.92 Å². The Hall–Kier alpha value is -1.38. The number of aliphatic carboxylic acids is 1. The van der Waals surface area contributed by atoms with Crippen LogP contribution >= 0.6 is 0 Å². The molecule has 0 saturated heterocycles. The molecule has 1 unspecified atom stereocenters. The topological polar surface area (TPSA) is 37.3 Å². The van der Waals surface area contributed by atoms with Gasteiger partial charge in [0, 0.05) is 5.92 Å².